The fourth-order valence-corrected chi connectivity index (χ4v) is 4.10. The number of carbonyl (C=O) groups excluding carboxylic acids is 1. The molecule has 1 aromatic carbocycles. The molecular formula is C17H24N2O2. The van der Waals surface area contributed by atoms with Crippen molar-refractivity contribution in [3.05, 3.63) is 35.9 Å². The Kier molecular flexibility index (Phi) is 4.27. The molecule has 1 aromatic rings. The number of amides is 1. The van der Waals surface area contributed by atoms with Gasteiger partial charge in [0.05, 0.1) is 12.5 Å². The minimum atomic E-state index is -0.0426. The number of rotatable bonds is 5. The molecule has 4 atom stereocenters. The Morgan fingerprint density at radius 3 is 2.57 bits per heavy atom. The zero-order valence-corrected chi connectivity index (χ0v) is 12.3. The van der Waals surface area contributed by atoms with Gasteiger partial charge in [-0.2, -0.15) is 0 Å². The third-order valence-electron chi connectivity index (χ3n) is 5.16. The number of aliphatic hydroxyl groups is 1. The van der Waals surface area contributed by atoms with E-state index in [9.17, 15) is 9.90 Å². The Bertz CT molecular complexity index is 489. The average molecular weight is 288 g/mol. The van der Waals surface area contributed by atoms with Crippen LogP contribution in [0.3, 0.4) is 0 Å². The quantitative estimate of drug-likeness (QED) is 0.860. The molecule has 0 spiro atoms. The highest BCUT2D eigenvalue weighted by Crippen LogP contribution is 2.48. The normalized spacial score (nSPS) is 30.6. The molecule has 21 heavy (non-hydrogen) atoms. The van der Waals surface area contributed by atoms with E-state index >= 15 is 0 Å². The van der Waals surface area contributed by atoms with Gasteiger partial charge in [-0.25, -0.2) is 0 Å². The first kappa shape index (κ1) is 14.5. The molecule has 2 aliphatic carbocycles. The molecule has 4 unspecified atom stereocenters. The van der Waals surface area contributed by atoms with Gasteiger partial charge in [0.2, 0.25) is 5.91 Å². The molecular weight excluding hydrogens is 264 g/mol. The highest BCUT2D eigenvalue weighted by atomic mass is 16.3. The summed E-state index contributed by atoms with van der Waals surface area (Å²) < 4.78 is 0. The molecule has 3 rings (SSSR count). The summed E-state index contributed by atoms with van der Waals surface area (Å²) >= 11 is 0. The number of hydrogen-bond acceptors (Lipinski definition) is 3. The monoisotopic (exact) mass is 288 g/mol. The van der Waals surface area contributed by atoms with Crippen LogP contribution in [-0.4, -0.2) is 35.1 Å². The Hall–Kier alpha value is -1.39. The first-order chi connectivity index (χ1) is 10.2. The molecule has 2 saturated carbocycles. The molecule has 0 aliphatic heterocycles. The zero-order chi connectivity index (χ0) is 14.8. The van der Waals surface area contributed by atoms with Crippen LogP contribution in [0.2, 0.25) is 0 Å². The number of fused-ring (bicyclic) bond motifs is 2. The SMILES string of the molecule is NC1C2CCC(C2)C1C(=O)N(CCO)Cc1ccccc1. The molecule has 2 aliphatic rings. The van der Waals surface area contributed by atoms with Crippen LogP contribution in [0.4, 0.5) is 0 Å². The summed E-state index contributed by atoms with van der Waals surface area (Å²) in [4.78, 5) is 14.7. The molecule has 114 valence electrons. The van der Waals surface area contributed by atoms with Crippen LogP contribution in [-0.2, 0) is 11.3 Å². The molecule has 3 N–H and O–H groups in total. The van der Waals surface area contributed by atoms with Gasteiger partial charge in [0.25, 0.3) is 0 Å². The van der Waals surface area contributed by atoms with Gasteiger partial charge in [-0.1, -0.05) is 30.3 Å². The maximum absolute atomic E-state index is 12.9. The summed E-state index contributed by atoms with van der Waals surface area (Å²) in [6, 6.07) is 9.94. The van der Waals surface area contributed by atoms with Crippen molar-refractivity contribution < 1.29 is 9.90 Å². The van der Waals surface area contributed by atoms with E-state index in [1.54, 1.807) is 4.90 Å². The second-order valence-electron chi connectivity index (χ2n) is 6.41. The lowest BCUT2D eigenvalue weighted by atomic mass is 9.84. The van der Waals surface area contributed by atoms with E-state index in [1.807, 2.05) is 30.3 Å². The third kappa shape index (κ3) is 2.83. The van der Waals surface area contributed by atoms with Crippen molar-refractivity contribution in [3.63, 3.8) is 0 Å². The van der Waals surface area contributed by atoms with Crippen molar-refractivity contribution in [1.29, 1.82) is 0 Å². The molecule has 0 radical (unpaired) electrons. The van der Waals surface area contributed by atoms with E-state index in [0.29, 0.717) is 24.9 Å². The summed E-state index contributed by atoms with van der Waals surface area (Å²) in [5, 5.41) is 9.28. The molecule has 0 saturated heterocycles. The van der Waals surface area contributed by atoms with Crippen LogP contribution < -0.4 is 5.73 Å². The summed E-state index contributed by atoms with van der Waals surface area (Å²) in [6.45, 7) is 0.934. The summed E-state index contributed by atoms with van der Waals surface area (Å²) in [7, 11) is 0. The first-order valence-electron chi connectivity index (χ1n) is 7.90. The van der Waals surface area contributed by atoms with Gasteiger partial charge >= 0.3 is 0 Å². The first-order valence-corrected chi connectivity index (χ1v) is 7.90. The summed E-state index contributed by atoms with van der Waals surface area (Å²) in [6.07, 6.45) is 3.41. The lowest BCUT2D eigenvalue weighted by Gasteiger charge is -2.32. The van der Waals surface area contributed by atoms with Crippen LogP contribution in [0.5, 0.6) is 0 Å². The van der Waals surface area contributed by atoms with Crippen molar-refractivity contribution in [1.82, 2.24) is 4.90 Å². The number of nitrogens with two attached hydrogens (primary N) is 1. The minimum Gasteiger partial charge on any atom is -0.395 e. The van der Waals surface area contributed by atoms with Crippen molar-refractivity contribution in [2.24, 2.45) is 23.5 Å². The third-order valence-corrected chi connectivity index (χ3v) is 5.16. The Balaban J connectivity index is 1.73. The predicted molar refractivity (Wildman–Crippen MR) is 81.2 cm³/mol. The van der Waals surface area contributed by atoms with Crippen LogP contribution in [0.15, 0.2) is 30.3 Å². The van der Waals surface area contributed by atoms with Crippen LogP contribution in [0.25, 0.3) is 0 Å². The highest BCUT2D eigenvalue weighted by molar-refractivity contribution is 5.80. The van der Waals surface area contributed by atoms with Gasteiger partial charge in [-0.15, -0.1) is 0 Å². The number of aliphatic hydroxyl groups excluding tert-OH is 1. The van der Waals surface area contributed by atoms with Gasteiger partial charge in [0.15, 0.2) is 0 Å². The van der Waals surface area contributed by atoms with E-state index in [1.165, 1.54) is 6.42 Å². The van der Waals surface area contributed by atoms with Gasteiger partial charge in [-0.05, 0) is 36.7 Å². The highest BCUT2D eigenvalue weighted by Gasteiger charge is 2.50. The number of benzene rings is 1. The maximum atomic E-state index is 12.9. The molecule has 2 bridgehead atoms. The second kappa shape index (κ2) is 6.16. The second-order valence-corrected chi connectivity index (χ2v) is 6.41. The summed E-state index contributed by atoms with van der Waals surface area (Å²) in [5.74, 6) is 1.07. The molecule has 0 heterocycles. The lowest BCUT2D eigenvalue weighted by Crippen LogP contribution is -2.47. The topological polar surface area (TPSA) is 66.6 Å². The van der Waals surface area contributed by atoms with Crippen molar-refractivity contribution in [3.8, 4) is 0 Å². The molecule has 0 aromatic heterocycles. The Morgan fingerprint density at radius 2 is 1.95 bits per heavy atom. The van der Waals surface area contributed by atoms with E-state index in [0.717, 1.165) is 18.4 Å². The zero-order valence-electron chi connectivity index (χ0n) is 12.3. The molecule has 4 nitrogen and oxygen atoms in total. The fraction of sp³-hybridized carbons (Fsp3) is 0.588. The van der Waals surface area contributed by atoms with Crippen molar-refractivity contribution in [2.45, 2.75) is 31.8 Å². The summed E-state index contributed by atoms with van der Waals surface area (Å²) in [5.41, 5.74) is 7.38. The number of nitrogens with zero attached hydrogens (tertiary/aromatic N) is 1. The van der Waals surface area contributed by atoms with Gasteiger partial charge in [0, 0.05) is 19.1 Å². The Labute approximate surface area is 125 Å². The largest absolute Gasteiger partial charge is 0.395 e. The van der Waals surface area contributed by atoms with E-state index < -0.39 is 0 Å². The van der Waals surface area contributed by atoms with Gasteiger partial charge in [0.1, 0.15) is 0 Å². The lowest BCUT2D eigenvalue weighted by molar-refractivity contribution is -0.139. The standard InChI is InChI=1S/C17H24N2O2/c18-16-14-7-6-13(10-14)15(16)17(21)19(8-9-20)11-12-4-2-1-3-5-12/h1-5,13-16,20H,6-11,18H2. The van der Waals surface area contributed by atoms with Crippen LogP contribution in [0.1, 0.15) is 24.8 Å². The van der Waals surface area contributed by atoms with E-state index in [2.05, 4.69) is 0 Å². The number of carbonyl (C=O) groups is 1. The van der Waals surface area contributed by atoms with Gasteiger partial charge in [-0.3, -0.25) is 4.79 Å². The van der Waals surface area contributed by atoms with Crippen LogP contribution in [0, 0.1) is 17.8 Å². The molecule has 1 amide bonds. The smallest absolute Gasteiger partial charge is 0.227 e. The Morgan fingerprint density at radius 1 is 1.24 bits per heavy atom. The van der Waals surface area contributed by atoms with E-state index in [4.69, 9.17) is 5.73 Å². The molecule has 4 heteroatoms. The minimum absolute atomic E-state index is 0.00533. The van der Waals surface area contributed by atoms with Gasteiger partial charge < -0.3 is 15.7 Å². The van der Waals surface area contributed by atoms with Crippen molar-refractivity contribution >= 4 is 5.91 Å². The van der Waals surface area contributed by atoms with Crippen LogP contribution >= 0.6 is 0 Å². The maximum Gasteiger partial charge on any atom is 0.227 e. The number of hydrogen-bond donors (Lipinski definition) is 2. The van der Waals surface area contributed by atoms with E-state index in [-0.39, 0.29) is 24.5 Å². The average Bonchev–Trinajstić information content (AvgIpc) is 3.08. The predicted octanol–water partition coefficient (Wildman–Crippen LogP) is 1.38. The molecule has 2 fully saturated rings. The van der Waals surface area contributed by atoms with Crippen molar-refractivity contribution in [2.75, 3.05) is 13.2 Å². The fourth-order valence-electron chi connectivity index (χ4n) is 4.10.